The summed E-state index contributed by atoms with van der Waals surface area (Å²) < 4.78 is 11.5. The minimum atomic E-state index is -1.10. The molecule has 0 spiro atoms. The molecule has 37 heavy (non-hydrogen) atoms. The molecule has 6 heteroatoms. The number of amides is 1. The number of rotatable bonds is 12. The molecule has 188 valence electrons. The second-order valence-corrected chi connectivity index (χ2v) is 8.60. The molecule has 0 fully saturated rings. The molecule has 0 unspecified atom stereocenters. The highest BCUT2D eigenvalue weighted by atomic mass is 16.5. The van der Waals surface area contributed by atoms with Crippen molar-refractivity contribution in [1.29, 1.82) is 0 Å². The van der Waals surface area contributed by atoms with Gasteiger partial charge < -0.3 is 19.9 Å². The summed E-state index contributed by atoms with van der Waals surface area (Å²) in [6, 6.07) is 32.7. The standard InChI is InChI=1S/C31H29NO5/c33-30(26-13-17-27(18-14-26)36-20-19-23-7-3-1-4-8-23)32-29(31(34)35)21-24-11-15-28(16-12-24)37-22-25-9-5-2-6-10-25/h1-18,29H,19-22H2,(H,32,33)(H,34,35)/t29-/m0/s1. The maximum absolute atomic E-state index is 12.7. The smallest absolute Gasteiger partial charge is 0.326 e. The van der Waals surface area contributed by atoms with Gasteiger partial charge in [-0.2, -0.15) is 0 Å². The van der Waals surface area contributed by atoms with Crippen LogP contribution in [0.2, 0.25) is 0 Å². The van der Waals surface area contributed by atoms with E-state index in [1.54, 1.807) is 36.4 Å². The summed E-state index contributed by atoms with van der Waals surface area (Å²) in [5.41, 5.74) is 3.40. The number of carboxylic acid groups (broad SMARTS) is 1. The van der Waals surface area contributed by atoms with Crippen LogP contribution in [0.3, 0.4) is 0 Å². The summed E-state index contributed by atoms with van der Waals surface area (Å²) >= 11 is 0. The van der Waals surface area contributed by atoms with Crippen LogP contribution in [0.15, 0.2) is 109 Å². The van der Waals surface area contributed by atoms with Gasteiger partial charge in [-0.3, -0.25) is 4.79 Å². The summed E-state index contributed by atoms with van der Waals surface area (Å²) in [5.74, 6) is -0.212. The van der Waals surface area contributed by atoms with E-state index in [-0.39, 0.29) is 6.42 Å². The molecule has 0 aliphatic rings. The zero-order valence-corrected chi connectivity index (χ0v) is 20.4. The van der Waals surface area contributed by atoms with Gasteiger partial charge in [-0.1, -0.05) is 72.8 Å². The second-order valence-electron chi connectivity index (χ2n) is 8.60. The molecule has 0 aliphatic carbocycles. The van der Waals surface area contributed by atoms with Crippen molar-refractivity contribution in [2.24, 2.45) is 0 Å². The molecular weight excluding hydrogens is 466 g/mol. The molecule has 0 radical (unpaired) electrons. The summed E-state index contributed by atoms with van der Waals surface area (Å²) in [7, 11) is 0. The maximum atomic E-state index is 12.7. The highest BCUT2D eigenvalue weighted by Crippen LogP contribution is 2.17. The number of carbonyl (C=O) groups is 2. The first-order chi connectivity index (χ1) is 18.1. The first kappa shape index (κ1) is 25.5. The molecule has 0 saturated carbocycles. The third-order valence-corrected chi connectivity index (χ3v) is 5.83. The lowest BCUT2D eigenvalue weighted by Crippen LogP contribution is -2.42. The van der Waals surface area contributed by atoms with Crippen molar-refractivity contribution in [2.45, 2.75) is 25.5 Å². The van der Waals surface area contributed by atoms with Crippen molar-refractivity contribution in [2.75, 3.05) is 6.61 Å². The first-order valence-electron chi connectivity index (χ1n) is 12.1. The van der Waals surface area contributed by atoms with Gasteiger partial charge in [-0.05, 0) is 53.1 Å². The lowest BCUT2D eigenvalue weighted by Gasteiger charge is -2.15. The van der Waals surface area contributed by atoms with Crippen molar-refractivity contribution in [3.8, 4) is 11.5 Å². The largest absolute Gasteiger partial charge is 0.493 e. The molecule has 0 bridgehead atoms. The van der Waals surface area contributed by atoms with Crippen LogP contribution >= 0.6 is 0 Å². The predicted octanol–water partition coefficient (Wildman–Crippen LogP) is 5.31. The molecule has 2 N–H and O–H groups in total. The van der Waals surface area contributed by atoms with E-state index in [4.69, 9.17) is 9.47 Å². The predicted molar refractivity (Wildman–Crippen MR) is 142 cm³/mol. The summed E-state index contributed by atoms with van der Waals surface area (Å²) in [6.07, 6.45) is 0.935. The SMILES string of the molecule is O=C(N[C@@H](Cc1ccc(OCc2ccccc2)cc1)C(=O)O)c1ccc(OCCc2ccccc2)cc1. The van der Waals surface area contributed by atoms with E-state index < -0.39 is 17.9 Å². The van der Waals surface area contributed by atoms with Crippen molar-refractivity contribution in [1.82, 2.24) is 5.32 Å². The number of hydrogen-bond donors (Lipinski definition) is 2. The van der Waals surface area contributed by atoms with Gasteiger partial charge in [0.25, 0.3) is 5.91 Å². The Labute approximate surface area is 216 Å². The Hall–Kier alpha value is -4.58. The van der Waals surface area contributed by atoms with Gasteiger partial charge in [-0.25, -0.2) is 4.79 Å². The van der Waals surface area contributed by atoms with Crippen LogP contribution in [0.4, 0.5) is 0 Å². The molecule has 0 aromatic heterocycles. The molecular formula is C31H29NO5. The van der Waals surface area contributed by atoms with Crippen LogP contribution in [0.25, 0.3) is 0 Å². The van der Waals surface area contributed by atoms with Gasteiger partial charge in [0.15, 0.2) is 0 Å². The number of carbonyl (C=O) groups excluding carboxylic acids is 1. The van der Waals surface area contributed by atoms with E-state index in [1.165, 1.54) is 5.56 Å². The molecule has 4 aromatic rings. The van der Waals surface area contributed by atoms with Gasteiger partial charge in [0, 0.05) is 18.4 Å². The average Bonchev–Trinajstić information content (AvgIpc) is 2.93. The molecule has 1 amide bonds. The van der Waals surface area contributed by atoms with Crippen molar-refractivity contribution in [3.05, 3.63) is 131 Å². The van der Waals surface area contributed by atoms with E-state index in [0.29, 0.717) is 30.3 Å². The second kappa shape index (κ2) is 12.9. The number of benzene rings is 4. The highest BCUT2D eigenvalue weighted by molar-refractivity contribution is 5.96. The number of carboxylic acids is 1. The third kappa shape index (κ3) is 7.97. The lowest BCUT2D eigenvalue weighted by atomic mass is 10.1. The Morgan fingerprint density at radius 2 is 1.24 bits per heavy atom. The van der Waals surface area contributed by atoms with Gasteiger partial charge >= 0.3 is 5.97 Å². The number of ether oxygens (including phenoxy) is 2. The molecule has 4 aromatic carbocycles. The Balaban J connectivity index is 1.27. The monoisotopic (exact) mass is 495 g/mol. The van der Waals surface area contributed by atoms with E-state index in [2.05, 4.69) is 5.32 Å². The average molecular weight is 496 g/mol. The van der Waals surface area contributed by atoms with E-state index in [0.717, 1.165) is 17.5 Å². The normalized spacial score (nSPS) is 11.4. The Kier molecular flexibility index (Phi) is 8.92. The first-order valence-corrected chi connectivity index (χ1v) is 12.1. The Morgan fingerprint density at radius 3 is 1.86 bits per heavy atom. The van der Waals surface area contributed by atoms with E-state index >= 15 is 0 Å². The molecule has 6 nitrogen and oxygen atoms in total. The van der Waals surface area contributed by atoms with E-state index in [9.17, 15) is 14.7 Å². The summed E-state index contributed by atoms with van der Waals surface area (Å²) in [4.78, 5) is 24.5. The van der Waals surface area contributed by atoms with Crippen LogP contribution in [0.5, 0.6) is 11.5 Å². The van der Waals surface area contributed by atoms with Crippen molar-refractivity contribution >= 4 is 11.9 Å². The van der Waals surface area contributed by atoms with Crippen LogP contribution in [0, 0.1) is 0 Å². The molecule has 4 rings (SSSR count). The molecule has 1 atom stereocenters. The van der Waals surface area contributed by atoms with Crippen molar-refractivity contribution < 1.29 is 24.2 Å². The van der Waals surface area contributed by atoms with Crippen molar-refractivity contribution in [3.63, 3.8) is 0 Å². The van der Waals surface area contributed by atoms with Crippen LogP contribution in [-0.4, -0.2) is 29.6 Å². The minimum absolute atomic E-state index is 0.153. The highest BCUT2D eigenvalue weighted by Gasteiger charge is 2.21. The Bertz CT molecular complexity index is 1270. The number of nitrogens with one attached hydrogen (secondary N) is 1. The molecule has 0 aliphatic heterocycles. The lowest BCUT2D eigenvalue weighted by molar-refractivity contribution is -0.139. The van der Waals surface area contributed by atoms with Gasteiger partial charge in [0.05, 0.1) is 6.61 Å². The van der Waals surface area contributed by atoms with Crippen LogP contribution < -0.4 is 14.8 Å². The fourth-order valence-electron chi connectivity index (χ4n) is 3.77. The zero-order valence-electron chi connectivity index (χ0n) is 20.4. The fourth-order valence-corrected chi connectivity index (χ4v) is 3.77. The summed E-state index contributed by atoms with van der Waals surface area (Å²) in [6.45, 7) is 0.970. The van der Waals surface area contributed by atoms with Gasteiger partial charge in [0.1, 0.15) is 24.1 Å². The topological polar surface area (TPSA) is 84.9 Å². The molecule has 0 saturated heterocycles. The Morgan fingerprint density at radius 1 is 0.676 bits per heavy atom. The van der Waals surface area contributed by atoms with Gasteiger partial charge in [0.2, 0.25) is 0 Å². The fraction of sp³-hybridized carbons (Fsp3) is 0.161. The van der Waals surface area contributed by atoms with Gasteiger partial charge in [-0.15, -0.1) is 0 Å². The quantitative estimate of drug-likeness (QED) is 0.278. The number of hydrogen-bond acceptors (Lipinski definition) is 4. The summed E-state index contributed by atoms with van der Waals surface area (Å²) in [5, 5.41) is 12.3. The third-order valence-electron chi connectivity index (χ3n) is 5.83. The number of aliphatic carboxylic acids is 1. The van der Waals surface area contributed by atoms with E-state index in [1.807, 2.05) is 72.8 Å². The minimum Gasteiger partial charge on any atom is -0.493 e. The van der Waals surface area contributed by atoms with Crippen LogP contribution in [-0.2, 0) is 24.2 Å². The zero-order chi connectivity index (χ0) is 25.9. The molecule has 0 heterocycles. The maximum Gasteiger partial charge on any atom is 0.326 e. The van der Waals surface area contributed by atoms with Crippen LogP contribution in [0.1, 0.15) is 27.0 Å².